The number of nitrogens with zero attached hydrogens (tertiary/aromatic N) is 2. The van der Waals surface area contributed by atoms with E-state index in [1.807, 2.05) is 30.3 Å². The highest BCUT2D eigenvalue weighted by Crippen LogP contribution is 2.36. The number of alkyl halides is 3. The van der Waals surface area contributed by atoms with Crippen molar-refractivity contribution in [2.45, 2.75) is 12.4 Å². The highest BCUT2D eigenvalue weighted by molar-refractivity contribution is 5.98. The number of ether oxygens (including phenoxy) is 1. The van der Waals surface area contributed by atoms with E-state index in [1.165, 1.54) is 36.5 Å². The Hall–Kier alpha value is -5.36. The molecule has 2 heterocycles. The topological polar surface area (TPSA) is 141 Å². The van der Waals surface area contributed by atoms with Crippen LogP contribution in [-0.4, -0.2) is 27.0 Å². The largest absolute Gasteiger partial charge is 0.490 e. The van der Waals surface area contributed by atoms with Gasteiger partial charge in [0.25, 0.3) is 11.2 Å². The molecule has 5 aromatic rings. The van der Waals surface area contributed by atoms with Gasteiger partial charge in [-0.3, -0.25) is 20.6 Å². The molecule has 0 aliphatic heterocycles. The summed E-state index contributed by atoms with van der Waals surface area (Å²) in [5.41, 5.74) is 8.67. The monoisotopic (exact) mass is 560 g/mol. The number of carbonyl (C=O) groups is 1. The van der Waals surface area contributed by atoms with Crippen molar-refractivity contribution in [3.8, 4) is 33.5 Å². The maximum absolute atomic E-state index is 12.9. The Morgan fingerprint density at radius 3 is 2.27 bits per heavy atom. The molecule has 0 saturated carbocycles. The fourth-order valence-electron chi connectivity index (χ4n) is 4.32. The van der Waals surface area contributed by atoms with Gasteiger partial charge >= 0.3 is 12.1 Å². The van der Waals surface area contributed by atoms with E-state index >= 15 is 0 Å². The Morgan fingerprint density at radius 2 is 1.61 bits per heavy atom. The highest BCUT2D eigenvalue weighted by atomic mass is 19.4. The molecule has 0 amide bonds. The van der Waals surface area contributed by atoms with E-state index < -0.39 is 28.9 Å². The average Bonchev–Trinajstić information content (AvgIpc) is 2.97. The molecule has 0 aliphatic carbocycles. The van der Waals surface area contributed by atoms with Gasteiger partial charge in [-0.1, -0.05) is 66.7 Å². The summed E-state index contributed by atoms with van der Waals surface area (Å²) >= 11 is 0. The van der Waals surface area contributed by atoms with E-state index in [2.05, 4.69) is 9.72 Å². The number of aromatic amines is 1. The van der Waals surface area contributed by atoms with Gasteiger partial charge in [0.15, 0.2) is 6.23 Å². The summed E-state index contributed by atoms with van der Waals surface area (Å²) < 4.78 is 42.1. The number of nitro groups is 1. The molecule has 0 saturated heterocycles. The maximum Gasteiger partial charge on any atom is 0.490 e. The average molecular weight is 560 g/mol. The second-order valence-corrected chi connectivity index (χ2v) is 8.93. The number of aromatic nitrogens is 2. The lowest BCUT2D eigenvalue weighted by Crippen LogP contribution is -2.29. The Morgan fingerprint density at radius 1 is 0.927 bits per heavy atom. The predicted molar refractivity (Wildman–Crippen MR) is 144 cm³/mol. The van der Waals surface area contributed by atoms with Crippen LogP contribution in [-0.2, 0) is 9.53 Å². The van der Waals surface area contributed by atoms with E-state index in [0.717, 1.165) is 5.56 Å². The molecule has 3 N–H and O–H groups in total. The minimum atomic E-state index is -5.19. The number of halogens is 3. The Balaban J connectivity index is 1.67. The van der Waals surface area contributed by atoms with Crippen LogP contribution in [0.1, 0.15) is 11.8 Å². The van der Waals surface area contributed by atoms with E-state index in [4.69, 9.17) is 10.7 Å². The number of nitrogens with one attached hydrogen (secondary N) is 1. The molecule has 2 aromatic heterocycles. The Bertz CT molecular complexity index is 1840. The number of nitro benzene ring substituents is 1. The molecular formula is C29H19F3N4O5. The molecule has 206 valence electrons. The molecular weight excluding hydrogens is 541 g/mol. The highest BCUT2D eigenvalue weighted by Gasteiger charge is 2.42. The lowest BCUT2D eigenvalue weighted by molar-refractivity contribution is -0.384. The summed E-state index contributed by atoms with van der Waals surface area (Å²) in [6.45, 7) is 0. The number of rotatable bonds is 6. The molecule has 5 rings (SSSR count). The number of fused-ring (bicyclic) bond motifs is 1. The van der Waals surface area contributed by atoms with Gasteiger partial charge in [0.1, 0.15) is 0 Å². The third-order valence-electron chi connectivity index (χ3n) is 6.30. The first kappa shape index (κ1) is 27.2. The zero-order valence-corrected chi connectivity index (χ0v) is 20.9. The zero-order chi connectivity index (χ0) is 29.3. The lowest BCUT2D eigenvalue weighted by atomic mass is 9.95. The van der Waals surface area contributed by atoms with Gasteiger partial charge in [0.05, 0.1) is 21.5 Å². The van der Waals surface area contributed by atoms with E-state index in [1.54, 1.807) is 24.3 Å². The van der Waals surface area contributed by atoms with Crippen LogP contribution in [0.25, 0.3) is 44.4 Å². The van der Waals surface area contributed by atoms with Gasteiger partial charge in [-0.25, -0.2) is 9.78 Å². The van der Waals surface area contributed by atoms with Crippen LogP contribution in [0.15, 0.2) is 95.9 Å². The van der Waals surface area contributed by atoms with Crippen molar-refractivity contribution in [1.82, 2.24) is 9.97 Å². The molecule has 0 bridgehead atoms. The number of hydrogen-bond donors (Lipinski definition) is 2. The minimum absolute atomic E-state index is 0.113. The number of nitrogens with two attached hydrogens (primary N) is 1. The quantitative estimate of drug-likeness (QED) is 0.114. The minimum Gasteiger partial charge on any atom is -0.436 e. The van der Waals surface area contributed by atoms with Crippen molar-refractivity contribution >= 4 is 22.6 Å². The summed E-state index contributed by atoms with van der Waals surface area (Å²) in [5, 5.41) is 11.6. The number of pyridine rings is 2. The van der Waals surface area contributed by atoms with Gasteiger partial charge in [0, 0.05) is 40.6 Å². The van der Waals surface area contributed by atoms with E-state index in [-0.39, 0.29) is 22.2 Å². The van der Waals surface area contributed by atoms with E-state index in [0.29, 0.717) is 27.9 Å². The van der Waals surface area contributed by atoms with Crippen LogP contribution in [0, 0.1) is 10.1 Å². The van der Waals surface area contributed by atoms with Crippen LogP contribution in [0.2, 0.25) is 0 Å². The first-order chi connectivity index (χ1) is 19.5. The standard InChI is InChI=1S/C29H19F3N4O5/c30-29(31,32)28(38)41-26(33)18-11-9-17(10-12-18)24-21(16-5-2-1-3-6-16)14-22-25(35-24)23(15-34-27(22)37)19-7-4-8-20(13-19)36(39)40/h1-15,26H,33H2,(H,34,37). The van der Waals surface area contributed by atoms with E-state index in [9.17, 15) is 32.9 Å². The molecule has 0 spiro atoms. The van der Waals surface area contributed by atoms with Crippen molar-refractivity contribution in [2.24, 2.45) is 5.73 Å². The first-order valence-electron chi connectivity index (χ1n) is 12.0. The Kier molecular flexibility index (Phi) is 7.08. The van der Waals surface area contributed by atoms with Crippen molar-refractivity contribution in [3.05, 3.63) is 117 Å². The molecule has 9 nitrogen and oxygen atoms in total. The van der Waals surface area contributed by atoms with Gasteiger partial charge in [-0.2, -0.15) is 13.2 Å². The smallest absolute Gasteiger partial charge is 0.436 e. The third-order valence-corrected chi connectivity index (χ3v) is 6.30. The van der Waals surface area contributed by atoms with Crippen LogP contribution in [0.3, 0.4) is 0 Å². The summed E-state index contributed by atoms with van der Waals surface area (Å²) in [4.78, 5) is 42.4. The van der Waals surface area contributed by atoms with Gasteiger partial charge < -0.3 is 9.72 Å². The fourth-order valence-corrected chi connectivity index (χ4v) is 4.32. The van der Waals surface area contributed by atoms with Gasteiger partial charge in [0.2, 0.25) is 0 Å². The normalized spacial score (nSPS) is 12.2. The fraction of sp³-hybridized carbons (Fsp3) is 0.0690. The molecule has 0 aliphatic rings. The molecule has 0 radical (unpaired) electrons. The molecule has 12 heteroatoms. The van der Waals surface area contributed by atoms with Crippen LogP contribution >= 0.6 is 0 Å². The third kappa shape index (κ3) is 5.54. The second-order valence-electron chi connectivity index (χ2n) is 8.93. The number of esters is 1. The number of H-pyrrole nitrogens is 1. The number of benzene rings is 3. The van der Waals surface area contributed by atoms with Crippen LogP contribution < -0.4 is 11.3 Å². The zero-order valence-electron chi connectivity index (χ0n) is 20.9. The molecule has 1 unspecified atom stereocenters. The van der Waals surface area contributed by atoms with Crippen LogP contribution in [0.5, 0.6) is 0 Å². The summed E-state index contributed by atoms with van der Waals surface area (Å²) in [7, 11) is 0. The van der Waals surface area contributed by atoms with Crippen molar-refractivity contribution < 1.29 is 27.6 Å². The molecule has 1 atom stereocenters. The van der Waals surface area contributed by atoms with Crippen LogP contribution in [0.4, 0.5) is 18.9 Å². The SMILES string of the molecule is NC(OC(=O)C(F)(F)F)c1ccc(-c2nc3c(-c4cccc([N+](=O)[O-])c4)c[nH]c(=O)c3cc2-c2ccccc2)cc1. The van der Waals surface area contributed by atoms with Crippen molar-refractivity contribution in [3.63, 3.8) is 0 Å². The van der Waals surface area contributed by atoms with Gasteiger partial charge in [-0.15, -0.1) is 0 Å². The summed E-state index contributed by atoms with van der Waals surface area (Å²) in [5.74, 6) is -2.41. The van der Waals surface area contributed by atoms with Crippen molar-refractivity contribution in [1.29, 1.82) is 0 Å². The number of carbonyl (C=O) groups excluding carboxylic acids is 1. The first-order valence-corrected chi connectivity index (χ1v) is 12.0. The summed E-state index contributed by atoms with van der Waals surface area (Å²) in [6.07, 6.45) is -5.42. The lowest BCUT2D eigenvalue weighted by Gasteiger charge is -2.16. The Labute approximate surface area is 229 Å². The number of hydrogen-bond acceptors (Lipinski definition) is 7. The summed E-state index contributed by atoms with van der Waals surface area (Å²) in [6, 6.07) is 22.6. The predicted octanol–water partition coefficient (Wildman–Crippen LogP) is 5.90. The maximum atomic E-state index is 12.9. The molecule has 3 aromatic carbocycles. The molecule has 0 fully saturated rings. The molecule has 41 heavy (non-hydrogen) atoms. The number of non-ortho nitro benzene ring substituents is 1. The second kappa shape index (κ2) is 10.7. The van der Waals surface area contributed by atoms with Crippen molar-refractivity contribution in [2.75, 3.05) is 0 Å². The van der Waals surface area contributed by atoms with Gasteiger partial charge in [-0.05, 0) is 17.2 Å².